The summed E-state index contributed by atoms with van der Waals surface area (Å²) in [7, 11) is 0. The Morgan fingerprint density at radius 3 is 2.50 bits per heavy atom. The quantitative estimate of drug-likeness (QED) is 0.878. The van der Waals surface area contributed by atoms with E-state index in [2.05, 4.69) is 45.4 Å². The first-order chi connectivity index (χ1) is 12.9. The van der Waals surface area contributed by atoms with Gasteiger partial charge in [0, 0.05) is 31.2 Å². The van der Waals surface area contributed by atoms with E-state index < -0.39 is 0 Å². The summed E-state index contributed by atoms with van der Waals surface area (Å²) in [4.78, 5) is 5.34. The molecule has 0 radical (unpaired) electrons. The van der Waals surface area contributed by atoms with Crippen molar-refractivity contribution in [3.05, 3.63) is 35.9 Å². The predicted octanol–water partition coefficient (Wildman–Crippen LogP) is 2.49. The van der Waals surface area contributed by atoms with Gasteiger partial charge in [0.25, 0.3) is 0 Å². The minimum atomic E-state index is 0.517. The van der Waals surface area contributed by atoms with Crippen LogP contribution in [-0.4, -0.2) is 66.8 Å². The van der Waals surface area contributed by atoms with Crippen molar-refractivity contribution in [1.29, 1.82) is 0 Å². The van der Waals surface area contributed by atoms with Gasteiger partial charge in [-0.2, -0.15) is 0 Å². The van der Waals surface area contributed by atoms with Gasteiger partial charge in [0.05, 0.1) is 12.1 Å². The van der Waals surface area contributed by atoms with Gasteiger partial charge >= 0.3 is 0 Å². The molecule has 1 saturated carbocycles. The van der Waals surface area contributed by atoms with Crippen molar-refractivity contribution in [3.8, 4) is 0 Å². The Balaban J connectivity index is 1.14. The molecule has 0 aromatic heterocycles. The molecule has 0 unspecified atom stereocenters. The molecule has 0 bridgehead atoms. The van der Waals surface area contributed by atoms with Gasteiger partial charge in [-0.05, 0) is 63.8 Å². The van der Waals surface area contributed by atoms with Gasteiger partial charge in [-0.1, -0.05) is 30.3 Å². The van der Waals surface area contributed by atoms with Crippen molar-refractivity contribution in [2.75, 3.05) is 32.8 Å². The standard InChI is InChI=1S/C22H33N3O/c1-2-6-17(7-3-1)16-24-13-8-18(9-14-24)23-20-19-10-15-26-22(19)21(20)25-11-4-5-12-25/h1-3,6-7,18-23H,4-5,8-16H2/t19-,20+,21-,22-/m1/s1. The van der Waals surface area contributed by atoms with Crippen LogP contribution in [0.1, 0.15) is 37.7 Å². The molecule has 1 N–H and O–H groups in total. The van der Waals surface area contributed by atoms with Gasteiger partial charge in [0.2, 0.25) is 0 Å². The number of nitrogens with zero attached hydrogens (tertiary/aromatic N) is 2. The van der Waals surface area contributed by atoms with E-state index in [-0.39, 0.29) is 0 Å². The summed E-state index contributed by atoms with van der Waals surface area (Å²) < 4.78 is 6.09. The van der Waals surface area contributed by atoms with Gasteiger partial charge in [-0.15, -0.1) is 0 Å². The monoisotopic (exact) mass is 355 g/mol. The number of fused-ring (bicyclic) bond motifs is 1. The largest absolute Gasteiger partial charge is 0.376 e. The van der Waals surface area contributed by atoms with Crippen LogP contribution < -0.4 is 5.32 Å². The minimum absolute atomic E-state index is 0.517. The number of hydrogen-bond acceptors (Lipinski definition) is 4. The third-order valence-corrected chi connectivity index (χ3v) is 7.18. The Labute approximate surface area is 157 Å². The minimum Gasteiger partial charge on any atom is -0.376 e. The van der Waals surface area contributed by atoms with Crippen LogP contribution >= 0.6 is 0 Å². The summed E-state index contributed by atoms with van der Waals surface area (Å²) in [5, 5.41) is 4.09. The Hall–Kier alpha value is -0.940. The predicted molar refractivity (Wildman–Crippen MR) is 104 cm³/mol. The van der Waals surface area contributed by atoms with Crippen LogP contribution in [0.2, 0.25) is 0 Å². The zero-order chi connectivity index (χ0) is 17.3. The van der Waals surface area contributed by atoms with Gasteiger partial charge in [-0.25, -0.2) is 0 Å². The Kier molecular flexibility index (Phi) is 5.01. The number of ether oxygens (including phenoxy) is 1. The first-order valence-corrected chi connectivity index (χ1v) is 10.8. The van der Waals surface area contributed by atoms with Crippen molar-refractivity contribution in [3.63, 3.8) is 0 Å². The zero-order valence-corrected chi connectivity index (χ0v) is 15.9. The highest BCUT2D eigenvalue weighted by Crippen LogP contribution is 2.43. The van der Waals surface area contributed by atoms with Gasteiger partial charge in [0.15, 0.2) is 0 Å². The Morgan fingerprint density at radius 2 is 1.73 bits per heavy atom. The second-order valence-electron chi connectivity index (χ2n) is 8.75. The maximum absolute atomic E-state index is 6.09. The lowest BCUT2D eigenvalue weighted by Gasteiger charge is -2.53. The fourth-order valence-corrected chi connectivity index (χ4v) is 5.74. The lowest BCUT2D eigenvalue weighted by molar-refractivity contribution is -0.0820. The highest BCUT2D eigenvalue weighted by Gasteiger charge is 2.56. The maximum atomic E-state index is 6.09. The summed E-state index contributed by atoms with van der Waals surface area (Å²) in [6, 6.07) is 12.9. The van der Waals surface area contributed by atoms with Crippen molar-refractivity contribution < 1.29 is 4.74 Å². The number of benzene rings is 1. The third-order valence-electron chi connectivity index (χ3n) is 7.18. The fourth-order valence-electron chi connectivity index (χ4n) is 5.74. The fraction of sp³-hybridized carbons (Fsp3) is 0.727. The normalized spacial score (nSPS) is 36.2. The van der Waals surface area contributed by atoms with Crippen molar-refractivity contribution in [2.45, 2.75) is 62.9 Å². The van der Waals surface area contributed by atoms with Crippen molar-refractivity contribution >= 4 is 0 Å². The maximum Gasteiger partial charge on any atom is 0.0789 e. The molecule has 1 aliphatic carbocycles. The molecule has 1 aromatic carbocycles. The smallest absolute Gasteiger partial charge is 0.0789 e. The van der Waals surface area contributed by atoms with E-state index >= 15 is 0 Å². The van der Waals surface area contributed by atoms with E-state index in [1.165, 1.54) is 63.8 Å². The molecule has 4 fully saturated rings. The van der Waals surface area contributed by atoms with Crippen LogP contribution in [-0.2, 0) is 11.3 Å². The molecular weight excluding hydrogens is 322 g/mol. The highest BCUT2D eigenvalue weighted by molar-refractivity contribution is 5.15. The van der Waals surface area contributed by atoms with E-state index in [9.17, 15) is 0 Å². The van der Waals surface area contributed by atoms with Crippen LogP contribution in [0.3, 0.4) is 0 Å². The molecule has 3 heterocycles. The van der Waals surface area contributed by atoms with Crippen LogP contribution in [0, 0.1) is 5.92 Å². The molecule has 3 aliphatic heterocycles. The van der Waals surface area contributed by atoms with Gasteiger partial charge < -0.3 is 10.1 Å². The van der Waals surface area contributed by atoms with Gasteiger partial charge in [-0.3, -0.25) is 9.80 Å². The summed E-state index contributed by atoms with van der Waals surface area (Å²) in [6.07, 6.45) is 7.10. The number of likely N-dealkylation sites (tertiary alicyclic amines) is 2. The number of piperidine rings is 1. The Bertz CT molecular complexity index is 576. The van der Waals surface area contributed by atoms with Gasteiger partial charge in [0.1, 0.15) is 0 Å². The van der Waals surface area contributed by atoms with Crippen LogP contribution in [0.15, 0.2) is 30.3 Å². The molecule has 4 heteroatoms. The molecule has 0 amide bonds. The third kappa shape index (κ3) is 3.33. The van der Waals surface area contributed by atoms with E-state index in [1.807, 2.05) is 0 Å². The molecule has 26 heavy (non-hydrogen) atoms. The first kappa shape index (κ1) is 17.2. The summed E-state index contributed by atoms with van der Waals surface area (Å²) in [5.41, 5.74) is 1.44. The number of rotatable bonds is 5. The second-order valence-corrected chi connectivity index (χ2v) is 8.75. The average molecular weight is 356 g/mol. The molecule has 5 rings (SSSR count). The van der Waals surface area contributed by atoms with E-state index in [1.54, 1.807) is 0 Å². The van der Waals surface area contributed by atoms with Crippen molar-refractivity contribution in [2.24, 2.45) is 5.92 Å². The van der Waals surface area contributed by atoms with E-state index in [0.717, 1.165) is 19.1 Å². The number of hydrogen-bond donors (Lipinski definition) is 1. The molecule has 0 spiro atoms. The molecule has 1 aromatic rings. The van der Waals surface area contributed by atoms with Crippen LogP contribution in [0.4, 0.5) is 0 Å². The molecule has 4 aliphatic rings. The van der Waals surface area contributed by atoms with E-state index in [0.29, 0.717) is 24.2 Å². The molecule has 4 nitrogen and oxygen atoms in total. The van der Waals surface area contributed by atoms with Crippen molar-refractivity contribution in [1.82, 2.24) is 15.1 Å². The van der Waals surface area contributed by atoms with Crippen LogP contribution in [0.5, 0.6) is 0 Å². The molecule has 4 atom stereocenters. The second kappa shape index (κ2) is 7.59. The number of nitrogens with one attached hydrogen (secondary N) is 1. The summed E-state index contributed by atoms with van der Waals surface area (Å²) in [6.45, 7) is 7.09. The summed E-state index contributed by atoms with van der Waals surface area (Å²) >= 11 is 0. The van der Waals surface area contributed by atoms with E-state index in [4.69, 9.17) is 4.74 Å². The zero-order valence-electron chi connectivity index (χ0n) is 15.9. The lowest BCUT2D eigenvalue weighted by atomic mass is 9.70. The average Bonchev–Trinajstić information content (AvgIpc) is 3.33. The SMILES string of the molecule is c1ccc(CN2CCC(N[C@H]3[C@H]4CCO[C@H]4[C@@H]3N3CCCC3)CC2)cc1. The molecular formula is C22H33N3O. The Morgan fingerprint density at radius 1 is 0.962 bits per heavy atom. The first-order valence-electron chi connectivity index (χ1n) is 10.8. The topological polar surface area (TPSA) is 27.7 Å². The molecule has 142 valence electrons. The summed E-state index contributed by atoms with van der Waals surface area (Å²) in [5.74, 6) is 0.767. The lowest BCUT2D eigenvalue weighted by Crippen LogP contribution is -2.71. The van der Waals surface area contributed by atoms with Crippen LogP contribution in [0.25, 0.3) is 0 Å². The highest BCUT2D eigenvalue weighted by atomic mass is 16.5. The molecule has 3 saturated heterocycles.